The van der Waals surface area contributed by atoms with Crippen LogP contribution in [0.2, 0.25) is 0 Å². The van der Waals surface area contributed by atoms with E-state index in [-0.39, 0.29) is 11.6 Å². The summed E-state index contributed by atoms with van der Waals surface area (Å²) in [6.07, 6.45) is 8.02. The van der Waals surface area contributed by atoms with E-state index in [9.17, 15) is 4.79 Å². The van der Waals surface area contributed by atoms with Crippen LogP contribution in [0.25, 0.3) is 11.0 Å². The van der Waals surface area contributed by atoms with Crippen molar-refractivity contribution in [3.63, 3.8) is 0 Å². The number of aromatic nitrogens is 4. The first-order valence-electron chi connectivity index (χ1n) is 10.3. The zero-order chi connectivity index (χ0) is 19.6. The number of hydrogen-bond acceptors (Lipinski definition) is 7. The summed E-state index contributed by atoms with van der Waals surface area (Å²) in [5.41, 5.74) is 1.82. The van der Waals surface area contributed by atoms with Crippen molar-refractivity contribution in [2.24, 2.45) is 0 Å². The van der Waals surface area contributed by atoms with Gasteiger partial charge in [-0.05, 0) is 31.0 Å². The van der Waals surface area contributed by atoms with Gasteiger partial charge in [0, 0.05) is 49.9 Å². The van der Waals surface area contributed by atoms with E-state index in [1.165, 1.54) is 0 Å². The third kappa shape index (κ3) is 3.67. The SMILES string of the molecule is O=c1ccc2cnc(Nc3ccc(N4CCNCC4)cn3)nc2n1C1CCCC1. The highest BCUT2D eigenvalue weighted by Gasteiger charge is 2.20. The molecule has 0 bridgehead atoms. The van der Waals surface area contributed by atoms with Crippen LogP contribution in [-0.4, -0.2) is 45.7 Å². The third-order valence-electron chi connectivity index (χ3n) is 5.83. The molecule has 150 valence electrons. The van der Waals surface area contributed by atoms with Crippen molar-refractivity contribution in [3.8, 4) is 0 Å². The van der Waals surface area contributed by atoms with Crippen molar-refractivity contribution in [2.45, 2.75) is 31.7 Å². The van der Waals surface area contributed by atoms with Gasteiger partial charge < -0.3 is 15.5 Å². The van der Waals surface area contributed by atoms with E-state index in [2.05, 4.69) is 36.6 Å². The second-order valence-electron chi connectivity index (χ2n) is 7.72. The number of rotatable bonds is 4. The van der Waals surface area contributed by atoms with Gasteiger partial charge in [0.15, 0.2) is 0 Å². The lowest BCUT2D eigenvalue weighted by molar-refractivity contribution is 0.516. The van der Waals surface area contributed by atoms with Crippen LogP contribution in [-0.2, 0) is 0 Å². The summed E-state index contributed by atoms with van der Waals surface area (Å²) < 4.78 is 1.84. The number of pyridine rings is 2. The fraction of sp³-hybridized carbons (Fsp3) is 0.429. The van der Waals surface area contributed by atoms with E-state index in [4.69, 9.17) is 0 Å². The van der Waals surface area contributed by atoms with E-state index in [0.29, 0.717) is 17.4 Å². The highest BCUT2D eigenvalue weighted by molar-refractivity contribution is 5.75. The summed E-state index contributed by atoms with van der Waals surface area (Å²) in [5.74, 6) is 1.14. The number of hydrogen-bond donors (Lipinski definition) is 2. The minimum absolute atomic E-state index is 0.00699. The molecule has 8 nitrogen and oxygen atoms in total. The first kappa shape index (κ1) is 18.1. The predicted octanol–water partition coefficient (Wildman–Crippen LogP) is 2.45. The molecule has 1 aliphatic carbocycles. The minimum atomic E-state index is 0.00699. The van der Waals surface area contributed by atoms with Gasteiger partial charge in [-0.15, -0.1) is 0 Å². The van der Waals surface area contributed by atoms with Crippen LogP contribution in [0, 0.1) is 0 Å². The van der Waals surface area contributed by atoms with Crippen LogP contribution in [0.3, 0.4) is 0 Å². The summed E-state index contributed by atoms with van der Waals surface area (Å²) in [5, 5.41) is 7.42. The molecule has 29 heavy (non-hydrogen) atoms. The molecule has 0 spiro atoms. The van der Waals surface area contributed by atoms with Gasteiger partial charge in [0.05, 0.1) is 11.9 Å². The average molecular weight is 391 g/mol. The topological polar surface area (TPSA) is 88.0 Å². The Labute approximate surface area is 169 Å². The van der Waals surface area contributed by atoms with Crippen LogP contribution < -0.4 is 21.1 Å². The fourth-order valence-corrected chi connectivity index (χ4v) is 4.30. The fourth-order valence-electron chi connectivity index (χ4n) is 4.30. The summed E-state index contributed by atoms with van der Waals surface area (Å²) in [7, 11) is 0. The molecule has 5 rings (SSSR count). The molecule has 1 aliphatic heterocycles. The van der Waals surface area contributed by atoms with Crippen LogP contribution >= 0.6 is 0 Å². The number of nitrogens with zero attached hydrogens (tertiary/aromatic N) is 5. The largest absolute Gasteiger partial charge is 0.368 e. The monoisotopic (exact) mass is 391 g/mol. The molecule has 0 unspecified atom stereocenters. The maximum atomic E-state index is 12.5. The van der Waals surface area contributed by atoms with Gasteiger partial charge in [-0.1, -0.05) is 12.8 Å². The first-order valence-corrected chi connectivity index (χ1v) is 10.3. The first-order chi connectivity index (χ1) is 14.3. The summed E-state index contributed by atoms with van der Waals surface area (Å²) in [4.78, 5) is 28.5. The maximum absolute atomic E-state index is 12.5. The Morgan fingerprint density at radius 3 is 2.59 bits per heavy atom. The molecule has 0 amide bonds. The quantitative estimate of drug-likeness (QED) is 0.706. The normalized spacial score (nSPS) is 17.7. The summed E-state index contributed by atoms with van der Waals surface area (Å²) in [6, 6.07) is 7.65. The third-order valence-corrected chi connectivity index (χ3v) is 5.83. The van der Waals surface area contributed by atoms with E-state index in [0.717, 1.165) is 62.9 Å². The van der Waals surface area contributed by atoms with Gasteiger partial charge in [0.1, 0.15) is 11.5 Å². The second kappa shape index (κ2) is 7.79. The molecule has 2 fully saturated rings. The molecule has 2 N–H and O–H groups in total. The summed E-state index contributed by atoms with van der Waals surface area (Å²) >= 11 is 0. The summed E-state index contributed by atoms with van der Waals surface area (Å²) in [6.45, 7) is 3.96. The van der Waals surface area contributed by atoms with Gasteiger partial charge in [-0.3, -0.25) is 9.36 Å². The lowest BCUT2D eigenvalue weighted by Crippen LogP contribution is -2.43. The number of piperazine rings is 1. The van der Waals surface area contributed by atoms with Crippen LogP contribution in [0.5, 0.6) is 0 Å². The van der Waals surface area contributed by atoms with Gasteiger partial charge >= 0.3 is 0 Å². The second-order valence-corrected chi connectivity index (χ2v) is 7.72. The Bertz CT molecular complexity index is 1050. The van der Waals surface area contributed by atoms with Gasteiger partial charge in [0.2, 0.25) is 5.95 Å². The number of anilines is 3. The maximum Gasteiger partial charge on any atom is 0.252 e. The van der Waals surface area contributed by atoms with Gasteiger partial charge in [0.25, 0.3) is 5.56 Å². The number of nitrogens with one attached hydrogen (secondary N) is 2. The van der Waals surface area contributed by atoms with E-state index in [1.807, 2.05) is 16.8 Å². The van der Waals surface area contributed by atoms with Crippen LogP contribution in [0.1, 0.15) is 31.7 Å². The predicted molar refractivity (Wildman–Crippen MR) is 114 cm³/mol. The molecule has 0 atom stereocenters. The van der Waals surface area contributed by atoms with E-state index >= 15 is 0 Å². The lowest BCUT2D eigenvalue weighted by Gasteiger charge is -2.29. The number of fused-ring (bicyclic) bond motifs is 1. The average Bonchev–Trinajstić information content (AvgIpc) is 3.29. The van der Waals surface area contributed by atoms with Gasteiger partial charge in [-0.25, -0.2) is 9.97 Å². The Balaban J connectivity index is 1.41. The molecular formula is C21H25N7O. The van der Waals surface area contributed by atoms with Crippen molar-refractivity contribution in [1.29, 1.82) is 0 Å². The van der Waals surface area contributed by atoms with Crippen molar-refractivity contribution < 1.29 is 0 Å². The molecule has 0 radical (unpaired) electrons. The lowest BCUT2D eigenvalue weighted by atomic mass is 10.2. The van der Waals surface area contributed by atoms with Crippen molar-refractivity contribution >= 4 is 28.5 Å². The Hall–Kier alpha value is -3.00. The standard InChI is InChI=1S/C21H25N7O/c29-19-8-5-15-13-24-21(26-20(15)28(19)16-3-1-2-4-16)25-18-7-6-17(14-23-18)27-11-9-22-10-12-27/h5-8,13-14,16,22H,1-4,9-12H2,(H,23,24,25,26). The van der Waals surface area contributed by atoms with E-state index < -0.39 is 0 Å². The molecule has 0 aromatic carbocycles. The molecule has 1 saturated heterocycles. The zero-order valence-electron chi connectivity index (χ0n) is 16.3. The smallest absolute Gasteiger partial charge is 0.252 e. The van der Waals surface area contributed by atoms with Crippen LogP contribution in [0.15, 0.2) is 41.5 Å². The highest BCUT2D eigenvalue weighted by Crippen LogP contribution is 2.30. The molecule has 1 saturated carbocycles. The Morgan fingerprint density at radius 2 is 1.83 bits per heavy atom. The minimum Gasteiger partial charge on any atom is -0.368 e. The van der Waals surface area contributed by atoms with Crippen molar-refractivity contribution in [2.75, 3.05) is 36.4 Å². The van der Waals surface area contributed by atoms with E-state index in [1.54, 1.807) is 18.3 Å². The van der Waals surface area contributed by atoms with Gasteiger partial charge in [-0.2, -0.15) is 4.98 Å². The molecule has 3 aromatic rings. The molecular weight excluding hydrogens is 366 g/mol. The zero-order valence-corrected chi connectivity index (χ0v) is 16.3. The Morgan fingerprint density at radius 1 is 1.00 bits per heavy atom. The Kier molecular flexibility index (Phi) is 4.85. The molecule has 2 aliphatic rings. The van der Waals surface area contributed by atoms with Crippen molar-refractivity contribution in [1.82, 2.24) is 24.8 Å². The molecule has 8 heteroatoms. The van der Waals surface area contributed by atoms with Crippen molar-refractivity contribution in [3.05, 3.63) is 47.0 Å². The molecule has 4 heterocycles. The highest BCUT2D eigenvalue weighted by atomic mass is 16.1. The van der Waals surface area contributed by atoms with Crippen LogP contribution in [0.4, 0.5) is 17.5 Å². The molecule has 3 aromatic heterocycles.